The second-order valence-electron chi connectivity index (χ2n) is 6.63. The largest absolute Gasteiger partial charge is 0.507 e. The van der Waals surface area contributed by atoms with Crippen LogP contribution >= 0.6 is 0 Å². The quantitative estimate of drug-likeness (QED) is 0.317. The number of hydrogen-bond acceptors (Lipinski definition) is 4. The summed E-state index contributed by atoms with van der Waals surface area (Å²) in [6.45, 7) is 5.14. The molecule has 1 atom stereocenters. The van der Waals surface area contributed by atoms with Gasteiger partial charge >= 0.3 is 0 Å². The molecule has 1 aliphatic heterocycles. The summed E-state index contributed by atoms with van der Waals surface area (Å²) in [6, 6.07) is 6.43. The highest BCUT2D eigenvalue weighted by Crippen LogP contribution is 2.19. The Hall–Kier alpha value is -2.77. The molecule has 0 radical (unpaired) electrons. The number of nitrogens with one attached hydrogen (secondary N) is 2. The number of carbonyl (C=O) groups is 2. The second-order valence-corrected chi connectivity index (χ2v) is 6.63. The summed E-state index contributed by atoms with van der Waals surface area (Å²) < 4.78 is 0. The Labute approximate surface area is 159 Å². The van der Waals surface area contributed by atoms with Gasteiger partial charge in [0.1, 0.15) is 5.75 Å². The summed E-state index contributed by atoms with van der Waals surface area (Å²) in [6.07, 6.45) is 2.38. The highest BCUT2D eigenvalue weighted by molar-refractivity contribution is 5.96. The predicted molar refractivity (Wildman–Crippen MR) is 105 cm³/mol. The number of rotatable bonds is 7. The van der Waals surface area contributed by atoms with Gasteiger partial charge in [-0.25, -0.2) is 0 Å². The number of aliphatic imine (C=N–C) groups is 1. The van der Waals surface area contributed by atoms with Crippen LogP contribution in [0.25, 0.3) is 0 Å². The monoisotopic (exact) mass is 375 g/mol. The summed E-state index contributed by atoms with van der Waals surface area (Å²) in [5.41, 5.74) is 5.58. The van der Waals surface area contributed by atoms with Crippen molar-refractivity contribution in [1.82, 2.24) is 15.5 Å². The summed E-state index contributed by atoms with van der Waals surface area (Å²) >= 11 is 0. The first-order valence-electron chi connectivity index (χ1n) is 9.39. The van der Waals surface area contributed by atoms with Gasteiger partial charge in [-0.15, -0.1) is 0 Å². The van der Waals surface area contributed by atoms with Crippen LogP contribution in [0.2, 0.25) is 0 Å². The number of piperidine rings is 1. The Bertz CT molecular complexity index is 677. The highest BCUT2D eigenvalue weighted by atomic mass is 16.3. The zero-order valence-corrected chi connectivity index (χ0v) is 15.8. The number of carbonyl (C=O) groups excluding carboxylic acids is 2. The van der Waals surface area contributed by atoms with Gasteiger partial charge in [0.05, 0.1) is 12.1 Å². The fourth-order valence-electron chi connectivity index (χ4n) is 3.23. The molecule has 2 rings (SSSR count). The number of phenolic OH excluding ortho intramolecular Hbond substituents is 1. The van der Waals surface area contributed by atoms with Crippen molar-refractivity contribution < 1.29 is 14.7 Å². The van der Waals surface area contributed by atoms with E-state index in [2.05, 4.69) is 20.5 Å². The molecule has 0 bridgehead atoms. The first-order chi connectivity index (χ1) is 13.0. The zero-order chi connectivity index (χ0) is 19.6. The number of nitrogens with zero attached hydrogens (tertiary/aromatic N) is 2. The van der Waals surface area contributed by atoms with Crippen molar-refractivity contribution in [3.63, 3.8) is 0 Å². The predicted octanol–water partition coefficient (Wildman–Crippen LogP) is 0.675. The molecule has 0 spiro atoms. The van der Waals surface area contributed by atoms with E-state index in [0.29, 0.717) is 19.5 Å². The molecule has 1 aliphatic rings. The lowest BCUT2D eigenvalue weighted by Gasteiger charge is -2.34. The van der Waals surface area contributed by atoms with Crippen LogP contribution in [0.1, 0.15) is 36.5 Å². The van der Waals surface area contributed by atoms with E-state index in [1.165, 1.54) is 6.07 Å². The highest BCUT2D eigenvalue weighted by Gasteiger charge is 2.23. The number of aromatic hydroxyl groups is 1. The number of para-hydroxylation sites is 1. The molecule has 0 saturated carbocycles. The van der Waals surface area contributed by atoms with Crippen molar-refractivity contribution in [1.29, 1.82) is 0 Å². The zero-order valence-electron chi connectivity index (χ0n) is 15.8. The molecule has 8 nitrogen and oxygen atoms in total. The van der Waals surface area contributed by atoms with Gasteiger partial charge in [0.15, 0.2) is 5.96 Å². The molecular formula is C19H29N5O3. The number of nitrogens with two attached hydrogens (primary N) is 1. The number of phenols is 1. The van der Waals surface area contributed by atoms with Crippen molar-refractivity contribution in [3.8, 4) is 5.75 Å². The Balaban J connectivity index is 1.88. The maximum absolute atomic E-state index is 12.1. The molecule has 148 valence electrons. The number of primary amides is 1. The van der Waals surface area contributed by atoms with E-state index in [4.69, 9.17) is 5.73 Å². The van der Waals surface area contributed by atoms with Crippen LogP contribution in [0.4, 0.5) is 0 Å². The van der Waals surface area contributed by atoms with Gasteiger partial charge in [-0.2, -0.15) is 0 Å². The summed E-state index contributed by atoms with van der Waals surface area (Å²) in [5, 5.41) is 15.7. The Morgan fingerprint density at radius 3 is 2.81 bits per heavy atom. The molecule has 0 aromatic heterocycles. The van der Waals surface area contributed by atoms with Crippen molar-refractivity contribution in [2.45, 2.75) is 26.2 Å². The number of benzene rings is 1. The lowest BCUT2D eigenvalue weighted by Crippen LogP contribution is -2.47. The Morgan fingerprint density at radius 2 is 2.11 bits per heavy atom. The van der Waals surface area contributed by atoms with Crippen LogP contribution in [0.3, 0.4) is 0 Å². The Morgan fingerprint density at radius 1 is 1.33 bits per heavy atom. The Kier molecular flexibility index (Phi) is 7.91. The lowest BCUT2D eigenvalue weighted by atomic mass is 9.95. The van der Waals surface area contributed by atoms with E-state index >= 15 is 0 Å². The molecule has 1 saturated heterocycles. The average Bonchev–Trinajstić information content (AvgIpc) is 2.64. The minimum absolute atomic E-state index is 0.0411. The molecule has 1 unspecified atom stereocenters. The third kappa shape index (κ3) is 6.47. The van der Waals surface area contributed by atoms with Crippen LogP contribution in [-0.2, 0) is 4.79 Å². The molecule has 2 amide bonds. The van der Waals surface area contributed by atoms with Crippen LogP contribution in [0.15, 0.2) is 29.3 Å². The molecule has 1 heterocycles. The third-order valence-electron chi connectivity index (χ3n) is 4.45. The van der Waals surface area contributed by atoms with E-state index in [9.17, 15) is 14.7 Å². The van der Waals surface area contributed by atoms with Gasteiger partial charge in [-0.3, -0.25) is 14.6 Å². The number of guanidine groups is 1. The molecule has 8 heteroatoms. The van der Waals surface area contributed by atoms with Gasteiger partial charge in [-0.1, -0.05) is 12.1 Å². The van der Waals surface area contributed by atoms with Gasteiger partial charge in [-0.05, 0) is 37.8 Å². The normalized spacial score (nSPS) is 17.4. The maximum atomic E-state index is 12.1. The lowest BCUT2D eigenvalue weighted by molar-refractivity contribution is -0.119. The average molecular weight is 375 g/mol. The van der Waals surface area contributed by atoms with Crippen molar-refractivity contribution in [2.75, 3.05) is 32.7 Å². The molecule has 0 aliphatic carbocycles. The molecule has 1 aromatic rings. The van der Waals surface area contributed by atoms with Crippen molar-refractivity contribution >= 4 is 17.8 Å². The first-order valence-corrected chi connectivity index (χ1v) is 9.39. The summed E-state index contributed by atoms with van der Waals surface area (Å²) in [7, 11) is 0. The number of likely N-dealkylation sites (tertiary alicyclic amines) is 1. The van der Waals surface area contributed by atoms with Crippen LogP contribution in [-0.4, -0.2) is 60.5 Å². The van der Waals surface area contributed by atoms with Gasteiger partial charge in [0, 0.05) is 32.6 Å². The summed E-state index contributed by atoms with van der Waals surface area (Å²) in [5.74, 6) is 0.397. The van der Waals surface area contributed by atoms with Crippen molar-refractivity contribution in [3.05, 3.63) is 29.8 Å². The van der Waals surface area contributed by atoms with Crippen LogP contribution in [0.5, 0.6) is 5.75 Å². The SMILES string of the molecule is CCNC(=NCCNC(=O)c1ccccc1O)N1CCCC(CC(N)=O)C1. The smallest absolute Gasteiger partial charge is 0.255 e. The van der Waals surface area contributed by atoms with Gasteiger partial charge in [0.2, 0.25) is 5.91 Å². The maximum Gasteiger partial charge on any atom is 0.255 e. The van der Waals surface area contributed by atoms with Crippen LogP contribution < -0.4 is 16.4 Å². The van der Waals surface area contributed by atoms with E-state index < -0.39 is 0 Å². The summed E-state index contributed by atoms with van der Waals surface area (Å²) in [4.78, 5) is 30.0. The fraction of sp³-hybridized carbons (Fsp3) is 0.526. The first kappa shape index (κ1) is 20.5. The van der Waals surface area contributed by atoms with Gasteiger partial charge in [0.25, 0.3) is 5.91 Å². The minimum Gasteiger partial charge on any atom is -0.507 e. The van der Waals surface area contributed by atoms with E-state index in [1.54, 1.807) is 18.2 Å². The molecule has 1 aromatic carbocycles. The minimum atomic E-state index is -0.326. The van der Waals surface area contributed by atoms with E-state index in [-0.39, 0.29) is 29.0 Å². The van der Waals surface area contributed by atoms with E-state index in [0.717, 1.165) is 38.4 Å². The molecule has 5 N–H and O–H groups in total. The standard InChI is InChI=1S/C19H29N5O3/c1-2-21-19(24-11-5-6-14(13-24)12-17(20)26)23-10-9-22-18(27)15-7-3-4-8-16(15)25/h3-4,7-8,14,25H,2,5-6,9-13H2,1H3,(H2,20,26)(H,21,23)(H,22,27). The van der Waals surface area contributed by atoms with E-state index in [1.807, 2.05) is 6.92 Å². The van der Waals surface area contributed by atoms with Gasteiger partial charge < -0.3 is 26.4 Å². The number of hydrogen-bond donors (Lipinski definition) is 4. The molecule has 27 heavy (non-hydrogen) atoms. The number of amides is 2. The fourth-order valence-corrected chi connectivity index (χ4v) is 3.23. The van der Waals surface area contributed by atoms with Crippen molar-refractivity contribution in [2.24, 2.45) is 16.6 Å². The third-order valence-corrected chi connectivity index (χ3v) is 4.45. The topological polar surface area (TPSA) is 120 Å². The second kappa shape index (κ2) is 10.4. The molecular weight excluding hydrogens is 346 g/mol. The molecule has 1 fully saturated rings. The van der Waals surface area contributed by atoms with Crippen LogP contribution in [0, 0.1) is 5.92 Å².